The first kappa shape index (κ1) is 17.0. The zero-order valence-electron chi connectivity index (χ0n) is 13.8. The van der Waals surface area contributed by atoms with Gasteiger partial charge in [0, 0.05) is 24.6 Å². The number of aromatic nitrogens is 1. The lowest BCUT2D eigenvalue weighted by atomic mass is 10.2. The van der Waals surface area contributed by atoms with Gasteiger partial charge in [0.15, 0.2) is 12.0 Å². The number of hydrogen-bond acceptors (Lipinski definition) is 3. The van der Waals surface area contributed by atoms with Crippen LogP contribution < -0.4 is 4.74 Å². The monoisotopic (exact) mass is 319 g/mol. The Kier molecular flexibility index (Phi) is 6.40. The van der Waals surface area contributed by atoms with Crippen LogP contribution >= 0.6 is 11.8 Å². The highest BCUT2D eigenvalue weighted by Gasteiger charge is 2.15. The van der Waals surface area contributed by atoms with Crippen molar-refractivity contribution in [3.8, 4) is 5.75 Å². The minimum Gasteiger partial charge on any atom is -0.462 e. The molecule has 0 N–H and O–H groups in total. The Morgan fingerprint density at radius 2 is 1.82 bits per heavy atom. The van der Waals surface area contributed by atoms with Crippen LogP contribution in [0.25, 0.3) is 0 Å². The van der Waals surface area contributed by atoms with Crippen LogP contribution in [0.4, 0.5) is 0 Å². The molecule has 1 unspecified atom stereocenters. The summed E-state index contributed by atoms with van der Waals surface area (Å²) < 4.78 is 13.7. The average Bonchev–Trinajstić information content (AvgIpc) is 2.89. The fourth-order valence-corrected chi connectivity index (χ4v) is 3.40. The predicted molar refractivity (Wildman–Crippen MR) is 92.5 cm³/mol. The van der Waals surface area contributed by atoms with Crippen LogP contribution in [0.3, 0.4) is 0 Å². The van der Waals surface area contributed by atoms with Gasteiger partial charge in [-0.3, -0.25) is 0 Å². The second kappa shape index (κ2) is 8.30. The topological polar surface area (TPSA) is 23.4 Å². The third-order valence-electron chi connectivity index (χ3n) is 3.30. The molecule has 0 spiro atoms. The molecule has 2 aromatic rings. The molecule has 1 aromatic carbocycles. The van der Waals surface area contributed by atoms with Gasteiger partial charge in [0.25, 0.3) is 0 Å². The maximum Gasteiger partial charge on any atom is 0.197 e. The van der Waals surface area contributed by atoms with Crippen molar-refractivity contribution in [2.24, 2.45) is 0 Å². The summed E-state index contributed by atoms with van der Waals surface area (Å²) in [4.78, 5) is 0. The van der Waals surface area contributed by atoms with E-state index in [4.69, 9.17) is 9.47 Å². The molecule has 0 fully saturated rings. The molecule has 4 heteroatoms. The summed E-state index contributed by atoms with van der Waals surface area (Å²) in [6, 6.07) is 12.9. The van der Waals surface area contributed by atoms with Crippen LogP contribution in [-0.4, -0.2) is 17.5 Å². The maximum atomic E-state index is 5.94. The molecule has 2 rings (SSSR count). The molecule has 1 aromatic heterocycles. The molecule has 1 atom stereocenters. The van der Waals surface area contributed by atoms with Crippen molar-refractivity contribution in [1.29, 1.82) is 0 Å². The van der Waals surface area contributed by atoms with Crippen molar-refractivity contribution in [2.75, 3.05) is 6.61 Å². The van der Waals surface area contributed by atoms with E-state index in [0.29, 0.717) is 12.6 Å². The van der Waals surface area contributed by atoms with E-state index < -0.39 is 0 Å². The van der Waals surface area contributed by atoms with E-state index in [1.807, 2.05) is 26.0 Å². The molecule has 120 valence electrons. The van der Waals surface area contributed by atoms with Gasteiger partial charge < -0.3 is 14.0 Å². The Hall–Kier alpha value is -1.39. The smallest absolute Gasteiger partial charge is 0.197 e. The van der Waals surface area contributed by atoms with Crippen molar-refractivity contribution in [3.05, 3.63) is 48.2 Å². The summed E-state index contributed by atoms with van der Waals surface area (Å²) in [5.74, 6) is 1.83. The van der Waals surface area contributed by atoms with Crippen LogP contribution in [-0.2, 0) is 10.5 Å². The SMILES string of the molecule is CCOC(C)Oc1ccn(C(C)C)c1SCc1ccccc1. The minimum absolute atomic E-state index is 0.232. The van der Waals surface area contributed by atoms with Gasteiger partial charge >= 0.3 is 0 Å². The Balaban J connectivity index is 2.13. The van der Waals surface area contributed by atoms with E-state index in [1.165, 1.54) is 5.56 Å². The Labute approximate surface area is 137 Å². The van der Waals surface area contributed by atoms with Crippen molar-refractivity contribution < 1.29 is 9.47 Å². The quantitative estimate of drug-likeness (QED) is 0.498. The standard InChI is InChI=1S/C18H25NO2S/c1-5-20-15(4)21-17-11-12-19(14(2)3)18(17)22-13-16-9-7-6-8-10-16/h6-12,14-15H,5,13H2,1-4H3. The highest BCUT2D eigenvalue weighted by molar-refractivity contribution is 7.98. The van der Waals surface area contributed by atoms with Crippen LogP contribution in [0.2, 0.25) is 0 Å². The Morgan fingerprint density at radius 1 is 1.09 bits per heavy atom. The summed E-state index contributed by atoms with van der Waals surface area (Å²) in [6.07, 6.45) is 1.86. The number of nitrogens with zero attached hydrogens (tertiary/aromatic N) is 1. The van der Waals surface area contributed by atoms with Gasteiger partial charge in [-0.05, 0) is 39.3 Å². The fraction of sp³-hybridized carbons (Fsp3) is 0.444. The van der Waals surface area contributed by atoms with Crippen molar-refractivity contribution in [3.63, 3.8) is 0 Å². The predicted octanol–water partition coefficient (Wildman–Crippen LogP) is 5.12. The largest absolute Gasteiger partial charge is 0.462 e. The second-order valence-electron chi connectivity index (χ2n) is 5.40. The number of rotatable bonds is 8. The van der Waals surface area contributed by atoms with Gasteiger partial charge in [-0.15, -0.1) is 0 Å². The molecule has 1 heterocycles. The Bertz CT molecular complexity index is 566. The number of ether oxygens (including phenoxy) is 2. The molecule has 0 saturated carbocycles. The molecule has 3 nitrogen and oxygen atoms in total. The van der Waals surface area contributed by atoms with Crippen molar-refractivity contribution >= 4 is 11.8 Å². The van der Waals surface area contributed by atoms with Gasteiger partial charge in [-0.1, -0.05) is 42.1 Å². The summed E-state index contributed by atoms with van der Waals surface area (Å²) in [6.45, 7) is 8.93. The van der Waals surface area contributed by atoms with E-state index in [9.17, 15) is 0 Å². The third kappa shape index (κ3) is 4.55. The van der Waals surface area contributed by atoms with E-state index in [-0.39, 0.29) is 6.29 Å². The molecule has 0 aliphatic heterocycles. The first-order chi connectivity index (χ1) is 10.6. The lowest BCUT2D eigenvalue weighted by Crippen LogP contribution is -2.16. The van der Waals surface area contributed by atoms with E-state index in [2.05, 4.69) is 48.9 Å². The summed E-state index contributed by atoms with van der Waals surface area (Å²) in [7, 11) is 0. The van der Waals surface area contributed by atoms with Crippen molar-refractivity contribution in [1.82, 2.24) is 4.57 Å². The van der Waals surface area contributed by atoms with E-state index in [0.717, 1.165) is 16.5 Å². The zero-order valence-corrected chi connectivity index (χ0v) is 14.6. The highest BCUT2D eigenvalue weighted by atomic mass is 32.2. The molecule has 0 saturated heterocycles. The number of hydrogen-bond donors (Lipinski definition) is 0. The van der Waals surface area contributed by atoms with Gasteiger partial charge in [0.05, 0.1) is 0 Å². The molecule has 0 aliphatic rings. The molecule has 0 amide bonds. The molecule has 0 aliphatic carbocycles. The van der Waals surface area contributed by atoms with Crippen LogP contribution in [0.1, 0.15) is 39.3 Å². The minimum atomic E-state index is -0.232. The highest BCUT2D eigenvalue weighted by Crippen LogP contribution is 2.35. The second-order valence-corrected chi connectivity index (χ2v) is 6.37. The van der Waals surface area contributed by atoms with E-state index in [1.54, 1.807) is 11.8 Å². The lowest BCUT2D eigenvalue weighted by Gasteiger charge is -2.17. The van der Waals surface area contributed by atoms with Crippen LogP contribution in [0, 0.1) is 0 Å². The van der Waals surface area contributed by atoms with Gasteiger partial charge in [-0.2, -0.15) is 0 Å². The Morgan fingerprint density at radius 3 is 2.45 bits per heavy atom. The maximum absolute atomic E-state index is 5.94. The normalized spacial score (nSPS) is 12.6. The van der Waals surface area contributed by atoms with Crippen molar-refractivity contribution in [2.45, 2.75) is 50.8 Å². The first-order valence-electron chi connectivity index (χ1n) is 7.77. The van der Waals surface area contributed by atoms with Gasteiger partial charge in [0.1, 0.15) is 5.03 Å². The summed E-state index contributed by atoms with van der Waals surface area (Å²) >= 11 is 1.80. The lowest BCUT2D eigenvalue weighted by molar-refractivity contribution is -0.0629. The van der Waals surface area contributed by atoms with Gasteiger partial charge in [0.2, 0.25) is 0 Å². The molecule has 22 heavy (non-hydrogen) atoms. The molecule has 0 bridgehead atoms. The zero-order chi connectivity index (χ0) is 15.9. The fourth-order valence-electron chi connectivity index (χ4n) is 2.23. The molecular weight excluding hydrogens is 294 g/mol. The molecular formula is C18H25NO2S. The summed E-state index contributed by atoms with van der Waals surface area (Å²) in [5.41, 5.74) is 1.31. The third-order valence-corrected chi connectivity index (χ3v) is 4.46. The summed E-state index contributed by atoms with van der Waals surface area (Å²) in [5, 5.41) is 1.16. The van der Waals surface area contributed by atoms with E-state index >= 15 is 0 Å². The first-order valence-corrected chi connectivity index (χ1v) is 8.76. The average molecular weight is 319 g/mol. The van der Waals surface area contributed by atoms with Gasteiger partial charge in [-0.25, -0.2) is 0 Å². The number of thioether (sulfide) groups is 1. The molecule has 0 radical (unpaired) electrons. The number of benzene rings is 1. The van der Waals surface area contributed by atoms with Crippen LogP contribution in [0.15, 0.2) is 47.6 Å². The van der Waals surface area contributed by atoms with Crippen LogP contribution in [0.5, 0.6) is 5.75 Å².